The lowest BCUT2D eigenvalue weighted by atomic mass is 10.1. The fourth-order valence-corrected chi connectivity index (χ4v) is 2.86. The van der Waals surface area contributed by atoms with Crippen LogP contribution >= 0.6 is 22.9 Å². The molecule has 5 heteroatoms. The maximum absolute atomic E-state index is 12.0. The Morgan fingerprint density at radius 1 is 1.43 bits per heavy atom. The summed E-state index contributed by atoms with van der Waals surface area (Å²) in [7, 11) is 0. The Morgan fingerprint density at radius 3 is 2.90 bits per heavy atom. The molecule has 0 aliphatic carbocycles. The molecule has 0 atom stereocenters. The van der Waals surface area contributed by atoms with Crippen molar-refractivity contribution in [3.63, 3.8) is 0 Å². The van der Waals surface area contributed by atoms with Crippen LogP contribution in [-0.4, -0.2) is 17.6 Å². The van der Waals surface area contributed by atoms with Crippen molar-refractivity contribution in [2.45, 2.75) is 20.3 Å². The summed E-state index contributed by atoms with van der Waals surface area (Å²) in [4.78, 5) is 16.5. The van der Waals surface area contributed by atoms with Crippen molar-refractivity contribution in [3.8, 4) is 10.6 Å². The fraction of sp³-hybridized carbons (Fsp3) is 0.250. The summed E-state index contributed by atoms with van der Waals surface area (Å²) in [6, 6.07) is 7.51. The third-order valence-corrected chi connectivity index (χ3v) is 3.88. The largest absolute Gasteiger partial charge is 0.462 e. The average Bonchev–Trinajstić information content (AvgIpc) is 2.94. The van der Waals surface area contributed by atoms with E-state index < -0.39 is 0 Å². The second-order valence-corrected chi connectivity index (χ2v) is 5.59. The van der Waals surface area contributed by atoms with Gasteiger partial charge in [-0.1, -0.05) is 36.7 Å². The van der Waals surface area contributed by atoms with Crippen molar-refractivity contribution in [3.05, 3.63) is 46.4 Å². The molecule has 2 aromatic rings. The van der Waals surface area contributed by atoms with E-state index in [0.29, 0.717) is 22.9 Å². The van der Waals surface area contributed by atoms with Crippen molar-refractivity contribution < 1.29 is 9.53 Å². The second kappa shape index (κ2) is 7.38. The highest BCUT2D eigenvalue weighted by Gasteiger charge is 2.16. The number of thiazole rings is 1. The zero-order valence-electron chi connectivity index (χ0n) is 11.9. The first-order chi connectivity index (χ1) is 10.2. The van der Waals surface area contributed by atoms with Crippen molar-refractivity contribution in [1.29, 1.82) is 0 Å². The van der Waals surface area contributed by atoms with Crippen molar-refractivity contribution in [1.82, 2.24) is 4.98 Å². The van der Waals surface area contributed by atoms with Crippen LogP contribution in [-0.2, 0) is 9.53 Å². The van der Waals surface area contributed by atoms with Crippen LogP contribution in [0, 0.1) is 0 Å². The van der Waals surface area contributed by atoms with Crippen LogP contribution in [0.3, 0.4) is 0 Å². The Hall–Kier alpha value is -1.65. The highest BCUT2D eigenvalue weighted by atomic mass is 35.5. The Bertz CT molecular complexity index is 664. The van der Waals surface area contributed by atoms with Gasteiger partial charge < -0.3 is 4.74 Å². The predicted octanol–water partition coefficient (Wildman–Crippen LogP) is 4.82. The van der Waals surface area contributed by atoms with E-state index in [1.807, 2.05) is 42.6 Å². The van der Waals surface area contributed by atoms with Gasteiger partial charge in [0.1, 0.15) is 5.01 Å². The first-order valence-electron chi connectivity index (χ1n) is 6.74. The quantitative estimate of drug-likeness (QED) is 0.585. The molecule has 1 aromatic carbocycles. The van der Waals surface area contributed by atoms with E-state index in [0.717, 1.165) is 17.0 Å². The molecular weight excluding hydrogens is 306 g/mol. The second-order valence-electron chi connectivity index (χ2n) is 4.29. The minimum atomic E-state index is -0.331. The maximum atomic E-state index is 12.0. The maximum Gasteiger partial charge on any atom is 0.340 e. The number of ether oxygens (including phenoxy) is 1. The molecule has 0 aliphatic rings. The van der Waals surface area contributed by atoms with Gasteiger partial charge in [0.2, 0.25) is 0 Å². The van der Waals surface area contributed by atoms with Crippen LogP contribution in [0.25, 0.3) is 16.1 Å². The SMILES string of the molecule is CC/C=C(\C(=O)OCC)c1csc(-c2cccc(Cl)c2)n1. The molecular formula is C16H16ClNO2S. The van der Waals surface area contributed by atoms with Gasteiger partial charge in [-0.2, -0.15) is 0 Å². The topological polar surface area (TPSA) is 39.2 Å². The molecule has 0 amide bonds. The molecule has 0 aliphatic heterocycles. The number of rotatable bonds is 5. The minimum Gasteiger partial charge on any atom is -0.462 e. The Balaban J connectivity index is 2.33. The van der Waals surface area contributed by atoms with Crippen LogP contribution in [0.1, 0.15) is 26.0 Å². The number of allylic oxidation sites excluding steroid dienone is 1. The highest BCUT2D eigenvalue weighted by molar-refractivity contribution is 7.13. The van der Waals surface area contributed by atoms with E-state index >= 15 is 0 Å². The Kier molecular flexibility index (Phi) is 5.53. The van der Waals surface area contributed by atoms with Gasteiger partial charge in [0.05, 0.1) is 17.9 Å². The minimum absolute atomic E-state index is 0.331. The van der Waals surface area contributed by atoms with Gasteiger partial charge in [-0.05, 0) is 25.5 Å². The van der Waals surface area contributed by atoms with E-state index in [2.05, 4.69) is 4.98 Å². The number of carbonyl (C=O) groups excluding carboxylic acids is 1. The molecule has 0 radical (unpaired) electrons. The van der Waals surface area contributed by atoms with Crippen LogP contribution in [0.2, 0.25) is 5.02 Å². The van der Waals surface area contributed by atoms with Crippen molar-refractivity contribution in [2.24, 2.45) is 0 Å². The summed E-state index contributed by atoms with van der Waals surface area (Å²) in [5.74, 6) is -0.331. The van der Waals surface area contributed by atoms with Crippen molar-refractivity contribution in [2.75, 3.05) is 6.61 Å². The molecule has 0 fully saturated rings. The molecule has 21 heavy (non-hydrogen) atoms. The monoisotopic (exact) mass is 321 g/mol. The molecule has 1 heterocycles. The number of halogens is 1. The summed E-state index contributed by atoms with van der Waals surface area (Å²) < 4.78 is 5.08. The number of aromatic nitrogens is 1. The molecule has 0 saturated carbocycles. The highest BCUT2D eigenvalue weighted by Crippen LogP contribution is 2.29. The number of carbonyl (C=O) groups is 1. The van der Waals surface area contributed by atoms with E-state index in [4.69, 9.17) is 16.3 Å². The lowest BCUT2D eigenvalue weighted by molar-refractivity contribution is -0.136. The number of hydrogen-bond acceptors (Lipinski definition) is 4. The summed E-state index contributed by atoms with van der Waals surface area (Å²) >= 11 is 7.48. The molecule has 3 nitrogen and oxygen atoms in total. The Labute approximate surface area is 133 Å². The van der Waals surface area contributed by atoms with Gasteiger partial charge in [0.25, 0.3) is 0 Å². The van der Waals surface area contributed by atoms with Crippen LogP contribution in [0.4, 0.5) is 0 Å². The molecule has 0 unspecified atom stereocenters. The van der Waals surface area contributed by atoms with E-state index in [9.17, 15) is 4.79 Å². The average molecular weight is 322 g/mol. The summed E-state index contributed by atoms with van der Waals surface area (Å²) in [6.45, 7) is 4.12. The molecule has 110 valence electrons. The van der Waals surface area contributed by atoms with Crippen molar-refractivity contribution >= 4 is 34.5 Å². The summed E-state index contributed by atoms with van der Waals surface area (Å²) in [5.41, 5.74) is 2.11. The van der Waals surface area contributed by atoms with E-state index in [1.54, 1.807) is 6.92 Å². The zero-order valence-corrected chi connectivity index (χ0v) is 13.5. The van der Waals surface area contributed by atoms with Crippen LogP contribution in [0.5, 0.6) is 0 Å². The predicted molar refractivity (Wildman–Crippen MR) is 87.5 cm³/mol. The molecule has 0 N–H and O–H groups in total. The molecule has 0 saturated heterocycles. The molecule has 0 bridgehead atoms. The molecule has 0 spiro atoms. The number of benzene rings is 1. The van der Waals surface area contributed by atoms with Gasteiger partial charge in [0.15, 0.2) is 0 Å². The number of nitrogens with zero attached hydrogens (tertiary/aromatic N) is 1. The standard InChI is InChI=1S/C16H16ClNO2S/c1-3-6-13(16(19)20-4-2)14-10-21-15(18-14)11-7-5-8-12(17)9-11/h5-10H,3-4H2,1-2H3/b13-6-. The van der Waals surface area contributed by atoms with Gasteiger partial charge in [0, 0.05) is 16.0 Å². The number of esters is 1. The summed E-state index contributed by atoms with van der Waals surface area (Å²) in [6.07, 6.45) is 2.59. The lowest BCUT2D eigenvalue weighted by Gasteiger charge is -2.04. The number of hydrogen-bond donors (Lipinski definition) is 0. The summed E-state index contributed by atoms with van der Waals surface area (Å²) in [5, 5.41) is 3.37. The third kappa shape index (κ3) is 3.93. The van der Waals surface area contributed by atoms with Gasteiger partial charge in [-0.15, -0.1) is 11.3 Å². The first kappa shape index (κ1) is 15.7. The molecule has 2 rings (SSSR count). The third-order valence-electron chi connectivity index (χ3n) is 2.76. The molecule has 1 aromatic heterocycles. The van der Waals surface area contributed by atoms with Crippen LogP contribution < -0.4 is 0 Å². The lowest BCUT2D eigenvalue weighted by Crippen LogP contribution is -2.07. The van der Waals surface area contributed by atoms with E-state index in [-0.39, 0.29) is 5.97 Å². The first-order valence-corrected chi connectivity index (χ1v) is 8.00. The van der Waals surface area contributed by atoms with Gasteiger partial charge in [-0.25, -0.2) is 9.78 Å². The van der Waals surface area contributed by atoms with E-state index in [1.165, 1.54) is 11.3 Å². The van der Waals surface area contributed by atoms with Gasteiger partial charge in [-0.3, -0.25) is 0 Å². The Morgan fingerprint density at radius 2 is 2.24 bits per heavy atom. The zero-order chi connectivity index (χ0) is 15.2. The fourth-order valence-electron chi connectivity index (χ4n) is 1.86. The smallest absolute Gasteiger partial charge is 0.340 e. The normalized spacial score (nSPS) is 11.5. The van der Waals surface area contributed by atoms with Crippen LogP contribution in [0.15, 0.2) is 35.7 Å². The van der Waals surface area contributed by atoms with Gasteiger partial charge >= 0.3 is 5.97 Å².